The van der Waals surface area contributed by atoms with Crippen molar-refractivity contribution in [3.8, 4) is 22.7 Å². The predicted octanol–water partition coefficient (Wildman–Crippen LogP) is 6.14. The molecule has 6 heteroatoms. The molecule has 0 aliphatic heterocycles. The molecule has 3 aromatic rings. The van der Waals surface area contributed by atoms with Crippen LogP contribution in [0.15, 0.2) is 53.0 Å². The summed E-state index contributed by atoms with van der Waals surface area (Å²) in [5, 5.41) is 9.56. The van der Waals surface area contributed by atoms with Gasteiger partial charge in [0.1, 0.15) is 5.75 Å². The Labute approximate surface area is 214 Å². The van der Waals surface area contributed by atoms with E-state index < -0.39 is 5.97 Å². The van der Waals surface area contributed by atoms with E-state index in [4.69, 9.17) is 4.74 Å². The Hall–Kier alpha value is -1.53. The van der Waals surface area contributed by atoms with E-state index in [1.165, 1.54) is 25.7 Å². The summed E-state index contributed by atoms with van der Waals surface area (Å²) in [5.74, 6) is 0.573. The molecule has 0 radical (unpaired) electrons. The van der Waals surface area contributed by atoms with Crippen molar-refractivity contribution in [2.75, 3.05) is 6.61 Å². The van der Waals surface area contributed by atoms with Crippen LogP contribution in [0.4, 0.5) is 0 Å². The average molecular weight is 492 g/mol. The first kappa shape index (κ1) is 24.1. The third-order valence-corrected chi connectivity index (χ3v) is 6.45. The van der Waals surface area contributed by atoms with E-state index in [1.807, 2.05) is 38.1 Å². The molecule has 4 nitrogen and oxygen atoms in total. The number of benzene rings is 2. The summed E-state index contributed by atoms with van der Waals surface area (Å²) in [6.45, 7) is 4.59. The third kappa shape index (κ3) is 5.28. The van der Waals surface area contributed by atoms with Crippen LogP contribution >= 0.6 is 15.9 Å². The summed E-state index contributed by atoms with van der Waals surface area (Å²) in [5.41, 5.74) is 4.91. The molecule has 158 valence electrons. The fraction of sp³-hybridized carbons (Fsp3) is 0.320. The van der Waals surface area contributed by atoms with Crippen molar-refractivity contribution in [2.24, 2.45) is 5.92 Å². The van der Waals surface area contributed by atoms with Gasteiger partial charge in [0.05, 0.1) is 17.9 Å². The van der Waals surface area contributed by atoms with Gasteiger partial charge in [0, 0.05) is 21.4 Å². The summed E-state index contributed by atoms with van der Waals surface area (Å²) in [7, 11) is 0. The van der Waals surface area contributed by atoms with E-state index in [9.17, 15) is 9.90 Å². The second-order valence-corrected chi connectivity index (χ2v) is 9.02. The molecule has 1 N–H and O–H groups in total. The Morgan fingerprint density at radius 3 is 2.55 bits per heavy atom. The van der Waals surface area contributed by atoms with E-state index in [2.05, 4.69) is 38.7 Å². The van der Waals surface area contributed by atoms with Crippen LogP contribution in [0.5, 0.6) is 5.75 Å². The second kappa shape index (κ2) is 10.4. The summed E-state index contributed by atoms with van der Waals surface area (Å²) >= 11 is 3.60. The van der Waals surface area contributed by atoms with Gasteiger partial charge in [-0.1, -0.05) is 34.8 Å². The number of halogens is 1. The fourth-order valence-corrected chi connectivity index (χ4v) is 4.65. The molecule has 0 atom stereocenters. The second-order valence-electron chi connectivity index (χ2n) is 8.10. The molecule has 1 saturated carbocycles. The maximum atomic E-state index is 11.7. The Balaban J connectivity index is 0.00000272. The van der Waals surface area contributed by atoms with E-state index in [0.29, 0.717) is 11.5 Å². The van der Waals surface area contributed by atoms with Gasteiger partial charge in [-0.05, 0) is 80.6 Å². The van der Waals surface area contributed by atoms with Crippen LogP contribution in [0.3, 0.4) is 0 Å². The molecule has 1 fully saturated rings. The Bertz CT molecular complexity index is 1090. The normalized spacial score (nSPS) is 13.8. The van der Waals surface area contributed by atoms with Gasteiger partial charge in [-0.25, -0.2) is 4.79 Å². The van der Waals surface area contributed by atoms with E-state index in [0.717, 1.165) is 45.0 Å². The van der Waals surface area contributed by atoms with Gasteiger partial charge < -0.3 is 14.4 Å². The number of carbonyl (C=O) groups is 1. The van der Waals surface area contributed by atoms with Crippen LogP contribution in [0.2, 0.25) is 0 Å². The first-order valence-corrected chi connectivity index (χ1v) is 11.2. The zero-order valence-corrected chi connectivity index (χ0v) is 18.9. The Morgan fingerprint density at radius 2 is 1.84 bits per heavy atom. The van der Waals surface area contributed by atoms with E-state index in [-0.39, 0.29) is 29.6 Å². The molecule has 31 heavy (non-hydrogen) atoms. The van der Waals surface area contributed by atoms with Gasteiger partial charge in [0.15, 0.2) is 0 Å². The van der Waals surface area contributed by atoms with Crippen LogP contribution in [0.1, 0.15) is 47.3 Å². The van der Waals surface area contributed by atoms with Crippen LogP contribution in [0, 0.1) is 19.8 Å². The number of hydrogen-bond donors (Lipinski definition) is 1. The standard InChI is InChI=1S/C25H26BrNO3.Na.H/c1-16-7-10-20(14-21(16)25(28)29)27-17(2)8-11-23(27)22-13-19(26)9-12-24(22)30-15-18-5-3-4-6-18;;/h7-14,18H,3-6,15H2,1-2H3,(H,28,29);;. The number of carboxylic acids is 1. The van der Waals surface area contributed by atoms with Crippen LogP contribution in [0.25, 0.3) is 16.9 Å². The molecule has 0 saturated heterocycles. The molecule has 2 aromatic carbocycles. The number of hydrogen-bond acceptors (Lipinski definition) is 2. The minimum absolute atomic E-state index is 0. The molecule has 4 rings (SSSR count). The zero-order valence-electron chi connectivity index (χ0n) is 17.3. The van der Waals surface area contributed by atoms with Gasteiger partial charge in [0.2, 0.25) is 0 Å². The van der Waals surface area contributed by atoms with Gasteiger partial charge in [0.25, 0.3) is 0 Å². The van der Waals surface area contributed by atoms with E-state index >= 15 is 0 Å². The summed E-state index contributed by atoms with van der Waals surface area (Å²) in [6, 6.07) is 15.8. The molecule has 0 unspecified atom stereocenters. The minimum atomic E-state index is -0.913. The number of nitrogens with zero attached hydrogens (tertiary/aromatic N) is 1. The van der Waals surface area contributed by atoms with Crippen molar-refractivity contribution in [1.29, 1.82) is 0 Å². The molecule has 1 aliphatic carbocycles. The molecule has 1 aliphatic rings. The number of ether oxygens (including phenoxy) is 1. The molecular formula is C25H27BrNNaO3. The molecule has 0 spiro atoms. The molecule has 1 aromatic heterocycles. The number of aromatic nitrogens is 1. The molecule has 1 heterocycles. The SMILES string of the molecule is Cc1ccc(-n2c(C)ccc2-c2cc(Br)ccc2OCC2CCCC2)cc1C(=O)O.[NaH]. The number of carboxylic acid groups (broad SMARTS) is 1. The average Bonchev–Trinajstić information content (AvgIpc) is 3.37. The summed E-state index contributed by atoms with van der Waals surface area (Å²) < 4.78 is 9.35. The predicted molar refractivity (Wildman–Crippen MR) is 130 cm³/mol. The monoisotopic (exact) mass is 491 g/mol. The van der Waals surface area contributed by atoms with Crippen molar-refractivity contribution in [3.05, 3.63) is 69.8 Å². The molecule has 0 bridgehead atoms. The summed E-state index contributed by atoms with van der Waals surface area (Å²) in [6.07, 6.45) is 5.07. The number of aryl methyl sites for hydroxylation is 2. The first-order valence-electron chi connectivity index (χ1n) is 10.4. The van der Waals surface area contributed by atoms with Crippen molar-refractivity contribution < 1.29 is 14.6 Å². The zero-order chi connectivity index (χ0) is 21.3. The van der Waals surface area contributed by atoms with Gasteiger partial charge in [-0.2, -0.15) is 0 Å². The quantitative estimate of drug-likeness (QED) is 0.421. The van der Waals surface area contributed by atoms with Crippen LogP contribution in [-0.2, 0) is 0 Å². The first-order chi connectivity index (χ1) is 14.4. The Morgan fingerprint density at radius 1 is 1.10 bits per heavy atom. The van der Waals surface area contributed by atoms with Gasteiger partial charge in [-0.3, -0.25) is 0 Å². The molecule has 0 amide bonds. The van der Waals surface area contributed by atoms with Crippen molar-refractivity contribution >= 4 is 51.5 Å². The van der Waals surface area contributed by atoms with Crippen LogP contribution < -0.4 is 4.74 Å². The fourth-order valence-electron chi connectivity index (χ4n) is 4.28. The number of aromatic carboxylic acids is 1. The third-order valence-electron chi connectivity index (χ3n) is 5.95. The topological polar surface area (TPSA) is 51.5 Å². The van der Waals surface area contributed by atoms with Crippen molar-refractivity contribution in [1.82, 2.24) is 4.57 Å². The maximum absolute atomic E-state index is 11.7. The van der Waals surface area contributed by atoms with Crippen molar-refractivity contribution in [3.63, 3.8) is 0 Å². The van der Waals surface area contributed by atoms with Crippen LogP contribution in [-0.4, -0.2) is 51.8 Å². The molecular weight excluding hydrogens is 465 g/mol. The number of rotatable bonds is 6. The van der Waals surface area contributed by atoms with E-state index in [1.54, 1.807) is 6.07 Å². The van der Waals surface area contributed by atoms with Crippen molar-refractivity contribution in [2.45, 2.75) is 39.5 Å². The Kier molecular flexibility index (Phi) is 8.08. The summed E-state index contributed by atoms with van der Waals surface area (Å²) in [4.78, 5) is 11.7. The van der Waals surface area contributed by atoms with Gasteiger partial charge in [-0.15, -0.1) is 0 Å². The van der Waals surface area contributed by atoms with Gasteiger partial charge >= 0.3 is 35.5 Å².